The van der Waals surface area contributed by atoms with E-state index in [0.29, 0.717) is 17.1 Å². The highest BCUT2D eigenvalue weighted by atomic mass is 19.1. The molecule has 0 saturated carbocycles. The fourth-order valence-corrected chi connectivity index (χ4v) is 3.50. The number of nitrogens with zero attached hydrogens (tertiary/aromatic N) is 6. The predicted molar refractivity (Wildman–Crippen MR) is 93.7 cm³/mol. The zero-order valence-corrected chi connectivity index (χ0v) is 14.3. The minimum atomic E-state index is -0.319. The third-order valence-corrected chi connectivity index (χ3v) is 4.89. The first kappa shape index (κ1) is 15.2. The molecule has 0 radical (unpaired) electrons. The molecule has 1 saturated heterocycles. The number of aryl methyl sites for hydroxylation is 1. The molecule has 0 unspecified atom stereocenters. The third-order valence-electron chi connectivity index (χ3n) is 4.89. The standard InChI is InChI=1S/C18H17FN6O/c1-11-2-5-16-21-22-17(25(16)23-11)12-6-8-24(9-7-12)18-20-14-4-3-13(19)10-15(14)26-18/h2-5,10,12H,6-9H2,1H3. The van der Waals surface area contributed by atoms with E-state index in [2.05, 4.69) is 25.2 Å². The number of piperidine rings is 1. The molecule has 7 nitrogen and oxygen atoms in total. The topological polar surface area (TPSA) is 72.4 Å². The molecule has 1 aromatic carbocycles. The summed E-state index contributed by atoms with van der Waals surface area (Å²) in [6, 6.07) is 8.82. The normalized spacial score (nSPS) is 16.0. The van der Waals surface area contributed by atoms with E-state index in [0.717, 1.165) is 43.1 Å². The average molecular weight is 352 g/mol. The van der Waals surface area contributed by atoms with Gasteiger partial charge >= 0.3 is 0 Å². The summed E-state index contributed by atoms with van der Waals surface area (Å²) in [4.78, 5) is 6.57. The molecule has 1 fully saturated rings. The van der Waals surface area contributed by atoms with E-state index in [1.807, 2.05) is 23.6 Å². The van der Waals surface area contributed by atoms with Crippen LogP contribution in [0.5, 0.6) is 0 Å². The Labute approximate surface area is 148 Å². The van der Waals surface area contributed by atoms with Gasteiger partial charge in [-0.15, -0.1) is 10.2 Å². The van der Waals surface area contributed by atoms with Gasteiger partial charge in [-0.1, -0.05) is 0 Å². The van der Waals surface area contributed by atoms with Gasteiger partial charge in [-0.2, -0.15) is 14.6 Å². The van der Waals surface area contributed by atoms with Gasteiger partial charge in [0, 0.05) is 25.1 Å². The van der Waals surface area contributed by atoms with Crippen LogP contribution in [-0.2, 0) is 0 Å². The van der Waals surface area contributed by atoms with E-state index in [1.54, 1.807) is 6.07 Å². The SMILES string of the molecule is Cc1ccc2nnc(C3CCN(c4nc5ccc(F)cc5o4)CC3)n2n1. The van der Waals surface area contributed by atoms with E-state index >= 15 is 0 Å². The Morgan fingerprint density at radius 1 is 1.12 bits per heavy atom. The number of oxazole rings is 1. The highest BCUT2D eigenvalue weighted by Crippen LogP contribution is 2.31. The van der Waals surface area contributed by atoms with Crippen LogP contribution >= 0.6 is 0 Å². The van der Waals surface area contributed by atoms with Gasteiger partial charge in [-0.25, -0.2) is 4.39 Å². The lowest BCUT2D eigenvalue weighted by Gasteiger charge is -2.29. The Morgan fingerprint density at radius 3 is 2.81 bits per heavy atom. The van der Waals surface area contributed by atoms with Crippen molar-refractivity contribution in [2.24, 2.45) is 0 Å². The zero-order chi connectivity index (χ0) is 17.7. The van der Waals surface area contributed by atoms with Crippen molar-refractivity contribution >= 4 is 22.8 Å². The Morgan fingerprint density at radius 2 is 1.96 bits per heavy atom. The van der Waals surface area contributed by atoms with E-state index in [4.69, 9.17) is 4.42 Å². The number of halogens is 1. The van der Waals surface area contributed by atoms with Crippen molar-refractivity contribution in [1.82, 2.24) is 24.8 Å². The highest BCUT2D eigenvalue weighted by Gasteiger charge is 2.27. The van der Waals surface area contributed by atoms with Crippen molar-refractivity contribution in [3.8, 4) is 0 Å². The van der Waals surface area contributed by atoms with Crippen LogP contribution < -0.4 is 4.90 Å². The predicted octanol–water partition coefficient (Wildman–Crippen LogP) is 3.10. The molecule has 8 heteroatoms. The van der Waals surface area contributed by atoms with Gasteiger partial charge in [0.05, 0.1) is 5.69 Å². The van der Waals surface area contributed by atoms with Crippen LogP contribution in [0.2, 0.25) is 0 Å². The summed E-state index contributed by atoms with van der Waals surface area (Å²) in [5.41, 5.74) is 2.86. The van der Waals surface area contributed by atoms with E-state index in [-0.39, 0.29) is 11.7 Å². The summed E-state index contributed by atoms with van der Waals surface area (Å²) >= 11 is 0. The number of aromatic nitrogens is 5. The maximum atomic E-state index is 13.3. The Balaban J connectivity index is 1.37. The summed E-state index contributed by atoms with van der Waals surface area (Å²) in [5.74, 6) is 0.876. The van der Waals surface area contributed by atoms with Gasteiger partial charge in [-0.05, 0) is 44.0 Å². The van der Waals surface area contributed by atoms with Crippen LogP contribution in [0.15, 0.2) is 34.7 Å². The Hall–Kier alpha value is -3.03. The van der Waals surface area contributed by atoms with Gasteiger partial charge in [0.1, 0.15) is 11.3 Å². The Bertz CT molecular complexity index is 1100. The molecule has 4 aromatic rings. The molecule has 0 atom stereocenters. The molecule has 132 valence electrons. The van der Waals surface area contributed by atoms with Crippen molar-refractivity contribution in [1.29, 1.82) is 0 Å². The second-order valence-electron chi connectivity index (χ2n) is 6.67. The molecule has 0 aliphatic carbocycles. The van der Waals surface area contributed by atoms with E-state index in [1.165, 1.54) is 12.1 Å². The van der Waals surface area contributed by atoms with Crippen molar-refractivity contribution in [2.75, 3.05) is 18.0 Å². The third kappa shape index (κ3) is 2.49. The van der Waals surface area contributed by atoms with Gasteiger partial charge in [0.25, 0.3) is 6.01 Å². The van der Waals surface area contributed by atoms with Crippen LogP contribution in [0.1, 0.15) is 30.3 Å². The van der Waals surface area contributed by atoms with Crippen LogP contribution in [0, 0.1) is 12.7 Å². The minimum absolute atomic E-state index is 0.289. The fourth-order valence-electron chi connectivity index (χ4n) is 3.50. The maximum Gasteiger partial charge on any atom is 0.298 e. The summed E-state index contributed by atoms with van der Waals surface area (Å²) in [7, 11) is 0. The smallest absolute Gasteiger partial charge is 0.298 e. The molecule has 0 spiro atoms. The number of benzene rings is 1. The van der Waals surface area contributed by atoms with Crippen LogP contribution in [0.25, 0.3) is 16.7 Å². The van der Waals surface area contributed by atoms with Crippen molar-refractivity contribution in [2.45, 2.75) is 25.7 Å². The molecule has 1 aliphatic heterocycles. The summed E-state index contributed by atoms with van der Waals surface area (Å²) in [6.07, 6.45) is 1.81. The molecule has 26 heavy (non-hydrogen) atoms. The molecule has 0 amide bonds. The van der Waals surface area contributed by atoms with Gasteiger partial charge in [0.2, 0.25) is 0 Å². The van der Waals surface area contributed by atoms with Crippen LogP contribution in [0.4, 0.5) is 10.4 Å². The van der Waals surface area contributed by atoms with Gasteiger partial charge in [0.15, 0.2) is 17.1 Å². The number of anilines is 1. The first-order valence-electron chi connectivity index (χ1n) is 8.67. The highest BCUT2D eigenvalue weighted by molar-refractivity contribution is 5.74. The van der Waals surface area contributed by atoms with E-state index in [9.17, 15) is 4.39 Å². The van der Waals surface area contributed by atoms with E-state index < -0.39 is 0 Å². The molecule has 1 aliphatic rings. The number of fused-ring (bicyclic) bond motifs is 2. The van der Waals surface area contributed by atoms with Crippen LogP contribution in [-0.4, -0.2) is 37.9 Å². The summed E-state index contributed by atoms with van der Waals surface area (Å²) in [6.45, 7) is 3.54. The first-order chi connectivity index (χ1) is 12.7. The Kier molecular flexibility index (Phi) is 3.37. The lowest BCUT2D eigenvalue weighted by atomic mass is 9.96. The van der Waals surface area contributed by atoms with Crippen molar-refractivity contribution in [3.63, 3.8) is 0 Å². The summed E-state index contributed by atoms with van der Waals surface area (Å²) in [5, 5.41) is 13.1. The second kappa shape index (κ2) is 5.76. The van der Waals surface area contributed by atoms with Gasteiger partial charge in [-0.3, -0.25) is 0 Å². The van der Waals surface area contributed by atoms with Gasteiger partial charge < -0.3 is 9.32 Å². The zero-order valence-electron chi connectivity index (χ0n) is 14.3. The summed E-state index contributed by atoms with van der Waals surface area (Å²) < 4.78 is 20.9. The molecular weight excluding hydrogens is 335 g/mol. The first-order valence-corrected chi connectivity index (χ1v) is 8.67. The lowest BCUT2D eigenvalue weighted by molar-refractivity contribution is 0.449. The molecule has 3 aromatic heterocycles. The average Bonchev–Trinajstić information content (AvgIpc) is 3.25. The molecule has 0 N–H and O–H groups in total. The molecule has 0 bridgehead atoms. The monoisotopic (exact) mass is 352 g/mol. The minimum Gasteiger partial charge on any atom is -0.423 e. The van der Waals surface area contributed by atoms with Crippen molar-refractivity contribution in [3.05, 3.63) is 47.7 Å². The lowest BCUT2D eigenvalue weighted by Crippen LogP contribution is -2.33. The fraction of sp³-hybridized carbons (Fsp3) is 0.333. The number of rotatable bonds is 2. The number of hydrogen-bond acceptors (Lipinski definition) is 6. The molecule has 4 heterocycles. The quantitative estimate of drug-likeness (QED) is 0.552. The second-order valence-corrected chi connectivity index (χ2v) is 6.67. The maximum absolute atomic E-state index is 13.3. The molecular formula is C18H17FN6O. The molecule has 5 rings (SSSR count). The van der Waals surface area contributed by atoms with Crippen LogP contribution in [0.3, 0.4) is 0 Å². The largest absolute Gasteiger partial charge is 0.423 e. The number of hydrogen-bond donors (Lipinski definition) is 0. The van der Waals surface area contributed by atoms with Crippen molar-refractivity contribution < 1.29 is 8.81 Å².